The van der Waals surface area contributed by atoms with Gasteiger partial charge in [0.1, 0.15) is 4.21 Å². The zero-order valence-corrected chi connectivity index (χ0v) is 11.6. The van der Waals surface area contributed by atoms with Crippen LogP contribution in [-0.4, -0.2) is 23.8 Å². The molecule has 1 unspecified atom stereocenters. The Balaban J connectivity index is 2.00. The Kier molecular flexibility index (Phi) is 2.80. The topological polar surface area (TPSA) is 42.3 Å². The van der Waals surface area contributed by atoms with E-state index in [4.69, 9.17) is 0 Å². The van der Waals surface area contributed by atoms with Gasteiger partial charge in [0, 0.05) is 25.0 Å². The zero-order chi connectivity index (χ0) is 12.8. The van der Waals surface area contributed by atoms with Crippen LogP contribution in [0.1, 0.15) is 18.7 Å². The molecule has 0 aliphatic carbocycles. The Labute approximate surface area is 111 Å². The normalized spacial score (nSPS) is 20.8. The molecule has 0 radical (unpaired) electrons. The van der Waals surface area contributed by atoms with Gasteiger partial charge in [-0.15, -0.1) is 11.3 Å². The summed E-state index contributed by atoms with van der Waals surface area (Å²) in [4.78, 5) is 0. The van der Waals surface area contributed by atoms with Crippen molar-refractivity contribution in [3.8, 4) is 0 Å². The van der Waals surface area contributed by atoms with Crippen LogP contribution in [0.25, 0.3) is 0 Å². The predicted molar refractivity (Wildman–Crippen MR) is 71.1 cm³/mol. The molecule has 0 saturated carbocycles. The molecule has 1 aliphatic heterocycles. The summed E-state index contributed by atoms with van der Waals surface area (Å²) in [5.41, 5.74) is 1.06. The summed E-state index contributed by atoms with van der Waals surface area (Å²) in [5.74, 6) is 0. The van der Waals surface area contributed by atoms with Gasteiger partial charge in [0.25, 0.3) is 10.0 Å². The van der Waals surface area contributed by atoms with Gasteiger partial charge in [-0.3, -0.25) is 0 Å². The number of rotatable bonds is 2. The molecule has 4 nitrogen and oxygen atoms in total. The summed E-state index contributed by atoms with van der Waals surface area (Å²) < 4.78 is 29.2. The van der Waals surface area contributed by atoms with E-state index in [1.807, 2.05) is 25.3 Å². The van der Waals surface area contributed by atoms with Gasteiger partial charge in [0.2, 0.25) is 0 Å². The summed E-state index contributed by atoms with van der Waals surface area (Å²) in [6.07, 6.45) is 2.00. The first-order valence-corrected chi connectivity index (χ1v) is 8.13. The molecule has 0 N–H and O–H groups in total. The lowest BCUT2D eigenvalue weighted by molar-refractivity contribution is 0.283. The average molecular weight is 282 g/mol. The third-order valence-electron chi connectivity index (χ3n) is 3.34. The number of hydrogen-bond acceptors (Lipinski definition) is 3. The second-order valence-corrected chi connectivity index (χ2v) is 7.42. The lowest BCUT2D eigenvalue weighted by Gasteiger charge is -2.33. The van der Waals surface area contributed by atoms with Gasteiger partial charge in [0.15, 0.2) is 0 Å². The summed E-state index contributed by atoms with van der Waals surface area (Å²) in [5, 5.41) is 1.80. The first-order valence-electron chi connectivity index (χ1n) is 5.81. The standard InChI is InChI=1S/C12H14N2O2S2/c1-10-11-4-2-6-13(11)7-8-14(10)18(15,16)12-5-3-9-17-12/h2-6,9-10H,7-8H2,1H3. The Bertz CT molecular complexity index is 643. The van der Waals surface area contributed by atoms with E-state index in [0.29, 0.717) is 10.8 Å². The fourth-order valence-corrected chi connectivity index (χ4v) is 5.13. The van der Waals surface area contributed by atoms with Crippen molar-refractivity contribution in [2.45, 2.75) is 23.7 Å². The summed E-state index contributed by atoms with van der Waals surface area (Å²) in [6.45, 7) is 3.19. The van der Waals surface area contributed by atoms with Gasteiger partial charge in [-0.1, -0.05) is 6.07 Å². The average Bonchev–Trinajstić information content (AvgIpc) is 3.00. The van der Waals surface area contributed by atoms with Crippen LogP contribution >= 0.6 is 11.3 Å². The molecule has 0 aromatic carbocycles. The number of aromatic nitrogens is 1. The van der Waals surface area contributed by atoms with Crippen LogP contribution in [0.2, 0.25) is 0 Å². The van der Waals surface area contributed by atoms with Gasteiger partial charge < -0.3 is 4.57 Å². The predicted octanol–water partition coefficient (Wildman–Crippen LogP) is 2.32. The van der Waals surface area contributed by atoms with Gasteiger partial charge in [0.05, 0.1) is 6.04 Å². The van der Waals surface area contributed by atoms with Crippen LogP contribution in [0.3, 0.4) is 0 Å². The number of fused-ring (bicyclic) bond motifs is 1. The van der Waals surface area contributed by atoms with Crippen LogP contribution in [0.5, 0.6) is 0 Å². The van der Waals surface area contributed by atoms with Crippen molar-refractivity contribution in [1.29, 1.82) is 0 Å². The van der Waals surface area contributed by atoms with Gasteiger partial charge >= 0.3 is 0 Å². The SMILES string of the molecule is CC1c2cccn2CCN1S(=O)(=O)c1cccs1. The largest absolute Gasteiger partial charge is 0.349 e. The van der Waals surface area contributed by atoms with Crippen LogP contribution in [-0.2, 0) is 16.6 Å². The van der Waals surface area contributed by atoms with E-state index in [1.165, 1.54) is 11.3 Å². The molecule has 3 rings (SSSR count). The fraction of sp³-hybridized carbons (Fsp3) is 0.333. The summed E-state index contributed by atoms with van der Waals surface area (Å²) >= 11 is 1.27. The van der Waals surface area contributed by atoms with Gasteiger partial charge in [-0.25, -0.2) is 8.42 Å². The van der Waals surface area contributed by atoms with Crippen molar-refractivity contribution in [2.75, 3.05) is 6.54 Å². The molecule has 0 bridgehead atoms. The van der Waals surface area contributed by atoms with E-state index in [9.17, 15) is 8.42 Å². The van der Waals surface area contributed by atoms with Crippen LogP contribution < -0.4 is 0 Å². The number of thiophene rings is 1. The van der Waals surface area contributed by atoms with Gasteiger partial charge in [-0.05, 0) is 30.5 Å². The number of sulfonamides is 1. The van der Waals surface area contributed by atoms with Crippen molar-refractivity contribution in [3.63, 3.8) is 0 Å². The van der Waals surface area contributed by atoms with E-state index in [1.54, 1.807) is 21.8 Å². The third-order valence-corrected chi connectivity index (χ3v) is 6.69. The van der Waals surface area contributed by atoms with E-state index in [-0.39, 0.29) is 6.04 Å². The minimum atomic E-state index is -3.35. The molecule has 2 aromatic heterocycles. The number of hydrogen-bond donors (Lipinski definition) is 0. The Morgan fingerprint density at radius 3 is 2.83 bits per heavy atom. The molecule has 96 valence electrons. The minimum absolute atomic E-state index is 0.110. The molecule has 0 spiro atoms. The van der Waals surface area contributed by atoms with E-state index in [2.05, 4.69) is 4.57 Å². The quantitative estimate of drug-likeness (QED) is 0.848. The lowest BCUT2D eigenvalue weighted by atomic mass is 10.2. The maximum atomic E-state index is 12.5. The van der Waals surface area contributed by atoms with E-state index >= 15 is 0 Å². The molecule has 3 heterocycles. The molecule has 1 aliphatic rings. The van der Waals surface area contributed by atoms with E-state index in [0.717, 1.165) is 12.2 Å². The van der Waals surface area contributed by atoms with Crippen LogP contribution in [0.15, 0.2) is 40.1 Å². The van der Waals surface area contributed by atoms with E-state index < -0.39 is 10.0 Å². The van der Waals surface area contributed by atoms with Crippen molar-refractivity contribution < 1.29 is 8.42 Å². The molecule has 0 amide bonds. The highest BCUT2D eigenvalue weighted by molar-refractivity contribution is 7.91. The maximum absolute atomic E-state index is 12.5. The molecule has 6 heteroatoms. The molecular formula is C12H14N2O2S2. The highest BCUT2D eigenvalue weighted by Crippen LogP contribution is 2.32. The minimum Gasteiger partial charge on any atom is -0.349 e. The summed E-state index contributed by atoms with van der Waals surface area (Å²) in [7, 11) is -3.35. The first kappa shape index (κ1) is 12.0. The molecule has 2 aromatic rings. The molecule has 1 atom stereocenters. The summed E-state index contributed by atoms with van der Waals surface area (Å²) in [6, 6.07) is 7.28. The molecule has 0 saturated heterocycles. The lowest BCUT2D eigenvalue weighted by Crippen LogP contribution is -2.40. The Morgan fingerprint density at radius 2 is 2.11 bits per heavy atom. The highest BCUT2D eigenvalue weighted by Gasteiger charge is 2.34. The van der Waals surface area contributed by atoms with Crippen molar-refractivity contribution in [1.82, 2.24) is 8.87 Å². The van der Waals surface area contributed by atoms with Crippen LogP contribution in [0, 0.1) is 0 Å². The first-order chi connectivity index (χ1) is 8.60. The van der Waals surface area contributed by atoms with Crippen LogP contribution in [0.4, 0.5) is 0 Å². The third kappa shape index (κ3) is 1.72. The molecule has 18 heavy (non-hydrogen) atoms. The number of nitrogens with zero attached hydrogens (tertiary/aromatic N) is 2. The second-order valence-electron chi connectivity index (χ2n) is 4.35. The smallest absolute Gasteiger partial charge is 0.253 e. The van der Waals surface area contributed by atoms with Gasteiger partial charge in [-0.2, -0.15) is 4.31 Å². The molecular weight excluding hydrogens is 268 g/mol. The van der Waals surface area contributed by atoms with Crippen molar-refractivity contribution in [3.05, 3.63) is 41.5 Å². The van der Waals surface area contributed by atoms with Crippen molar-refractivity contribution in [2.24, 2.45) is 0 Å². The molecule has 0 fully saturated rings. The van der Waals surface area contributed by atoms with Crippen molar-refractivity contribution >= 4 is 21.4 Å². The fourth-order valence-electron chi connectivity index (χ4n) is 2.41. The Hall–Kier alpha value is -1.11. The zero-order valence-electron chi connectivity index (χ0n) is 9.98. The maximum Gasteiger partial charge on any atom is 0.253 e. The second kappa shape index (κ2) is 4.22. The monoisotopic (exact) mass is 282 g/mol. The Morgan fingerprint density at radius 1 is 1.28 bits per heavy atom. The highest BCUT2D eigenvalue weighted by atomic mass is 32.2.